The molecule has 1 aromatic rings. The lowest BCUT2D eigenvalue weighted by atomic mass is 9.96. The van der Waals surface area contributed by atoms with E-state index >= 15 is 0 Å². The fourth-order valence-corrected chi connectivity index (χ4v) is 2.18. The molecule has 0 bridgehead atoms. The summed E-state index contributed by atoms with van der Waals surface area (Å²) in [7, 11) is 0. The van der Waals surface area contributed by atoms with Crippen molar-refractivity contribution >= 4 is 17.5 Å². The highest BCUT2D eigenvalue weighted by Gasteiger charge is 2.41. The standard InChI is InChI=1S/C14H15N3O3/c1-14(2)13(20)16-12(19)7-17(14)11-4-3-9(8-18)5-10(11)6-15/h3-5,18H,7-8H2,1-2H3,(H,16,19,20). The molecule has 6 nitrogen and oxygen atoms in total. The van der Waals surface area contributed by atoms with E-state index in [1.54, 1.807) is 36.9 Å². The second kappa shape index (κ2) is 4.94. The van der Waals surface area contributed by atoms with Crippen LogP contribution in [-0.2, 0) is 16.2 Å². The number of amides is 2. The van der Waals surface area contributed by atoms with Crippen LogP contribution in [0.3, 0.4) is 0 Å². The zero-order chi connectivity index (χ0) is 14.9. The fourth-order valence-electron chi connectivity index (χ4n) is 2.18. The molecule has 0 saturated carbocycles. The lowest BCUT2D eigenvalue weighted by Gasteiger charge is -2.42. The zero-order valence-electron chi connectivity index (χ0n) is 11.3. The summed E-state index contributed by atoms with van der Waals surface area (Å²) in [5.41, 5.74) is 0.515. The second-order valence-corrected chi connectivity index (χ2v) is 5.14. The minimum absolute atomic E-state index is 0.00584. The van der Waals surface area contributed by atoms with Crippen LogP contribution in [0.15, 0.2) is 18.2 Å². The summed E-state index contributed by atoms with van der Waals surface area (Å²) in [5, 5.41) is 20.6. The third-order valence-corrected chi connectivity index (χ3v) is 3.44. The third-order valence-electron chi connectivity index (χ3n) is 3.44. The average molecular weight is 273 g/mol. The minimum atomic E-state index is -0.930. The van der Waals surface area contributed by atoms with Gasteiger partial charge in [0.05, 0.1) is 24.4 Å². The molecule has 1 aliphatic rings. The third kappa shape index (κ3) is 2.24. The molecule has 6 heteroatoms. The van der Waals surface area contributed by atoms with Gasteiger partial charge in [0.15, 0.2) is 0 Å². The lowest BCUT2D eigenvalue weighted by molar-refractivity contribution is -0.135. The van der Waals surface area contributed by atoms with Crippen LogP contribution in [0.1, 0.15) is 25.0 Å². The van der Waals surface area contributed by atoms with Gasteiger partial charge in [-0.2, -0.15) is 5.26 Å². The van der Waals surface area contributed by atoms with Crippen molar-refractivity contribution in [1.82, 2.24) is 5.32 Å². The first-order chi connectivity index (χ1) is 9.40. The van der Waals surface area contributed by atoms with Crippen LogP contribution in [0.4, 0.5) is 5.69 Å². The summed E-state index contributed by atoms with van der Waals surface area (Å²) in [4.78, 5) is 25.1. The van der Waals surface area contributed by atoms with Gasteiger partial charge in [-0.3, -0.25) is 14.9 Å². The van der Waals surface area contributed by atoms with E-state index in [1.165, 1.54) is 0 Å². The fraction of sp³-hybridized carbons (Fsp3) is 0.357. The molecule has 1 aliphatic heterocycles. The molecular formula is C14H15N3O3. The molecule has 1 saturated heterocycles. The maximum Gasteiger partial charge on any atom is 0.251 e. The molecule has 0 radical (unpaired) electrons. The first-order valence-corrected chi connectivity index (χ1v) is 6.16. The second-order valence-electron chi connectivity index (χ2n) is 5.14. The van der Waals surface area contributed by atoms with Gasteiger partial charge in [0.1, 0.15) is 11.6 Å². The zero-order valence-corrected chi connectivity index (χ0v) is 11.3. The van der Waals surface area contributed by atoms with E-state index in [-0.39, 0.29) is 13.2 Å². The van der Waals surface area contributed by atoms with E-state index in [1.807, 2.05) is 6.07 Å². The highest BCUT2D eigenvalue weighted by Crippen LogP contribution is 2.30. The Bertz CT molecular complexity index is 617. The van der Waals surface area contributed by atoms with E-state index in [2.05, 4.69) is 5.32 Å². The molecule has 0 spiro atoms. The monoisotopic (exact) mass is 273 g/mol. The molecule has 0 aromatic heterocycles. The van der Waals surface area contributed by atoms with Gasteiger partial charge < -0.3 is 10.0 Å². The number of carbonyl (C=O) groups excluding carboxylic acids is 2. The van der Waals surface area contributed by atoms with Gasteiger partial charge in [0.25, 0.3) is 5.91 Å². The van der Waals surface area contributed by atoms with E-state index in [4.69, 9.17) is 5.11 Å². The Balaban J connectivity index is 2.52. The summed E-state index contributed by atoms with van der Waals surface area (Å²) >= 11 is 0. The Morgan fingerprint density at radius 1 is 1.45 bits per heavy atom. The molecule has 1 aromatic carbocycles. The molecule has 0 unspecified atom stereocenters. The summed E-state index contributed by atoms with van der Waals surface area (Å²) in [5.74, 6) is -0.798. The number of carbonyl (C=O) groups is 2. The Labute approximate surface area is 116 Å². The molecule has 2 N–H and O–H groups in total. The van der Waals surface area contributed by atoms with Crippen LogP contribution >= 0.6 is 0 Å². The van der Waals surface area contributed by atoms with Crippen LogP contribution in [0.5, 0.6) is 0 Å². The quantitative estimate of drug-likeness (QED) is 0.755. The van der Waals surface area contributed by atoms with E-state index in [9.17, 15) is 14.9 Å². The van der Waals surface area contributed by atoms with Gasteiger partial charge >= 0.3 is 0 Å². The van der Waals surface area contributed by atoms with Crippen molar-refractivity contribution in [3.63, 3.8) is 0 Å². The number of nitriles is 1. The molecule has 1 heterocycles. The number of aliphatic hydroxyl groups excluding tert-OH is 1. The summed E-state index contributed by atoms with van der Waals surface area (Å²) in [6, 6.07) is 6.92. The first kappa shape index (κ1) is 14.0. The number of nitrogens with zero attached hydrogens (tertiary/aromatic N) is 2. The molecule has 0 atom stereocenters. The molecule has 2 rings (SSSR count). The average Bonchev–Trinajstić information content (AvgIpc) is 2.42. The van der Waals surface area contributed by atoms with Crippen LogP contribution in [0.2, 0.25) is 0 Å². The molecule has 1 fully saturated rings. The van der Waals surface area contributed by atoms with Gasteiger partial charge in [-0.1, -0.05) is 6.07 Å². The van der Waals surface area contributed by atoms with E-state index in [0.29, 0.717) is 16.8 Å². The predicted molar refractivity (Wildman–Crippen MR) is 71.7 cm³/mol. The van der Waals surface area contributed by atoms with Crippen LogP contribution in [0, 0.1) is 11.3 Å². The number of imide groups is 1. The summed E-state index contributed by atoms with van der Waals surface area (Å²) < 4.78 is 0. The molecule has 0 aliphatic carbocycles. The predicted octanol–water partition coefficient (Wildman–Crippen LogP) is 0.292. The van der Waals surface area contributed by atoms with Crippen LogP contribution in [-0.4, -0.2) is 29.0 Å². The van der Waals surface area contributed by atoms with Crippen molar-refractivity contribution in [3.8, 4) is 6.07 Å². The number of hydrogen-bond acceptors (Lipinski definition) is 5. The minimum Gasteiger partial charge on any atom is -0.392 e. The summed E-state index contributed by atoms with van der Waals surface area (Å²) in [6.07, 6.45) is 0. The van der Waals surface area contributed by atoms with E-state index < -0.39 is 17.4 Å². The largest absolute Gasteiger partial charge is 0.392 e. The van der Waals surface area contributed by atoms with Crippen molar-refractivity contribution in [2.24, 2.45) is 0 Å². The number of aliphatic hydroxyl groups is 1. The number of rotatable bonds is 2. The Hall–Kier alpha value is -2.39. The number of nitrogens with one attached hydrogen (secondary N) is 1. The van der Waals surface area contributed by atoms with Crippen molar-refractivity contribution < 1.29 is 14.7 Å². The molecular weight excluding hydrogens is 258 g/mol. The first-order valence-electron chi connectivity index (χ1n) is 6.16. The van der Waals surface area contributed by atoms with Crippen molar-refractivity contribution in [2.45, 2.75) is 26.0 Å². The van der Waals surface area contributed by atoms with Gasteiger partial charge in [0.2, 0.25) is 5.91 Å². The highest BCUT2D eigenvalue weighted by molar-refractivity contribution is 6.06. The van der Waals surface area contributed by atoms with Crippen LogP contribution in [0.25, 0.3) is 0 Å². The molecule has 20 heavy (non-hydrogen) atoms. The number of piperazine rings is 1. The van der Waals surface area contributed by atoms with E-state index in [0.717, 1.165) is 0 Å². The maximum atomic E-state index is 11.9. The number of hydrogen-bond donors (Lipinski definition) is 2. The van der Waals surface area contributed by atoms with Gasteiger partial charge in [-0.05, 0) is 31.5 Å². The van der Waals surface area contributed by atoms with Gasteiger partial charge in [-0.15, -0.1) is 0 Å². The van der Waals surface area contributed by atoms with Gasteiger partial charge in [-0.25, -0.2) is 0 Å². The lowest BCUT2D eigenvalue weighted by Crippen LogP contribution is -2.64. The normalized spacial score (nSPS) is 17.6. The molecule has 104 valence electrons. The SMILES string of the molecule is CC1(C)C(=O)NC(=O)CN1c1ccc(CO)cc1C#N. The highest BCUT2D eigenvalue weighted by atomic mass is 16.3. The number of benzene rings is 1. The molecule has 2 amide bonds. The van der Waals surface area contributed by atoms with Crippen LogP contribution < -0.4 is 10.2 Å². The maximum absolute atomic E-state index is 11.9. The smallest absolute Gasteiger partial charge is 0.251 e. The number of anilines is 1. The van der Waals surface area contributed by atoms with Gasteiger partial charge in [0, 0.05) is 0 Å². The Morgan fingerprint density at radius 3 is 2.75 bits per heavy atom. The van der Waals surface area contributed by atoms with Crippen molar-refractivity contribution in [1.29, 1.82) is 5.26 Å². The van der Waals surface area contributed by atoms with Crippen molar-refractivity contribution in [3.05, 3.63) is 29.3 Å². The Morgan fingerprint density at radius 2 is 2.15 bits per heavy atom. The topological polar surface area (TPSA) is 93.4 Å². The van der Waals surface area contributed by atoms with Crippen molar-refractivity contribution in [2.75, 3.05) is 11.4 Å². The summed E-state index contributed by atoms with van der Waals surface area (Å²) in [6.45, 7) is 3.22. The Kier molecular flexibility index (Phi) is 3.47.